The molecule has 0 fully saturated rings. The molecule has 6 nitrogen and oxygen atoms in total. The van der Waals surface area contributed by atoms with Crippen molar-refractivity contribution in [3.8, 4) is 17.0 Å². The van der Waals surface area contributed by atoms with Gasteiger partial charge < -0.3 is 4.74 Å². The third kappa shape index (κ3) is 5.50. The maximum absolute atomic E-state index is 12.5. The molecule has 0 saturated carbocycles. The minimum absolute atomic E-state index is 0.278. The molecule has 0 unspecified atom stereocenters. The van der Waals surface area contributed by atoms with Gasteiger partial charge in [-0.2, -0.15) is 5.10 Å². The van der Waals surface area contributed by atoms with Gasteiger partial charge in [0.15, 0.2) is 0 Å². The van der Waals surface area contributed by atoms with E-state index in [0.717, 1.165) is 23.3 Å². The van der Waals surface area contributed by atoms with Crippen LogP contribution in [0, 0.1) is 6.92 Å². The van der Waals surface area contributed by atoms with Gasteiger partial charge in [-0.25, -0.2) is 8.42 Å². The summed E-state index contributed by atoms with van der Waals surface area (Å²) in [5.41, 5.74) is 2.82. The number of aryl methyl sites for hydroxylation is 2. The van der Waals surface area contributed by atoms with Crippen molar-refractivity contribution in [1.82, 2.24) is 9.78 Å². The average Bonchev–Trinajstić information content (AvgIpc) is 2.95. The van der Waals surface area contributed by atoms with Crippen molar-refractivity contribution in [1.29, 1.82) is 0 Å². The lowest BCUT2D eigenvalue weighted by Gasteiger charge is -2.10. The van der Waals surface area contributed by atoms with Gasteiger partial charge in [-0.05, 0) is 30.2 Å². The van der Waals surface area contributed by atoms with Gasteiger partial charge in [-0.1, -0.05) is 36.4 Å². The monoisotopic (exact) mass is 425 g/mol. The normalized spacial score (nSPS) is 12.0. The number of ether oxygens (including phenoxy) is 1. The summed E-state index contributed by atoms with van der Waals surface area (Å²) in [6, 6.07) is 13.9. The van der Waals surface area contributed by atoms with Crippen molar-refractivity contribution in [3.05, 3.63) is 65.7 Å². The van der Waals surface area contributed by atoms with Gasteiger partial charge in [-0.3, -0.25) is 9.40 Å². The molecule has 0 aliphatic heterocycles. The Balaban J connectivity index is 1.74. The number of hydrogen-bond donors (Lipinski definition) is 1. The number of benzene rings is 2. The molecule has 154 valence electrons. The first-order valence-electron chi connectivity index (χ1n) is 8.48. The molecule has 1 heterocycles. The summed E-state index contributed by atoms with van der Waals surface area (Å²) >= 11 is 0. The molecule has 3 aromatic rings. The highest BCUT2D eigenvalue weighted by Gasteiger charge is 2.31. The quantitative estimate of drug-likeness (QED) is 0.641. The molecule has 3 rings (SSSR count). The molecule has 0 saturated heterocycles. The van der Waals surface area contributed by atoms with E-state index in [2.05, 4.69) is 14.6 Å². The minimum Gasteiger partial charge on any atom is -0.406 e. The number of nitrogens with one attached hydrogen (secondary N) is 1. The number of aromatic nitrogens is 2. The fourth-order valence-electron chi connectivity index (χ4n) is 2.76. The number of nitrogens with zero attached hydrogens (tertiary/aromatic N) is 2. The Morgan fingerprint density at radius 1 is 1.10 bits per heavy atom. The van der Waals surface area contributed by atoms with Gasteiger partial charge in [0.1, 0.15) is 11.6 Å². The number of rotatable bonds is 6. The van der Waals surface area contributed by atoms with Crippen molar-refractivity contribution in [2.75, 3.05) is 4.72 Å². The van der Waals surface area contributed by atoms with Crippen LogP contribution >= 0.6 is 0 Å². The van der Waals surface area contributed by atoms with Crippen molar-refractivity contribution in [2.45, 2.75) is 19.0 Å². The summed E-state index contributed by atoms with van der Waals surface area (Å²) in [5.74, 6) is -0.550. The summed E-state index contributed by atoms with van der Waals surface area (Å²) < 4.78 is 69.2. The van der Waals surface area contributed by atoms with Gasteiger partial charge in [0.2, 0.25) is 10.0 Å². The number of halogens is 3. The van der Waals surface area contributed by atoms with E-state index >= 15 is 0 Å². The lowest BCUT2D eigenvalue weighted by Crippen LogP contribution is -2.18. The lowest BCUT2D eigenvalue weighted by molar-refractivity contribution is -0.274. The van der Waals surface area contributed by atoms with Gasteiger partial charge >= 0.3 is 6.36 Å². The van der Waals surface area contributed by atoms with Crippen LogP contribution in [0.3, 0.4) is 0 Å². The van der Waals surface area contributed by atoms with E-state index in [-0.39, 0.29) is 5.82 Å². The summed E-state index contributed by atoms with van der Waals surface area (Å²) in [6.45, 7) is 1.93. The van der Waals surface area contributed by atoms with Crippen LogP contribution in [0.4, 0.5) is 19.0 Å². The SMILES string of the molecule is Cc1ccccc1-c1cc(NS(=O)(=O)Cc2ccc(OC(F)(F)F)cc2)n(C)n1. The molecule has 1 N–H and O–H groups in total. The lowest BCUT2D eigenvalue weighted by atomic mass is 10.1. The first-order chi connectivity index (χ1) is 13.5. The van der Waals surface area contributed by atoms with Crippen molar-refractivity contribution in [2.24, 2.45) is 7.05 Å². The Labute approximate surface area is 166 Å². The zero-order chi connectivity index (χ0) is 21.2. The highest BCUT2D eigenvalue weighted by Crippen LogP contribution is 2.26. The van der Waals surface area contributed by atoms with E-state index in [1.165, 1.54) is 16.8 Å². The number of sulfonamides is 1. The van der Waals surface area contributed by atoms with Crippen LogP contribution < -0.4 is 9.46 Å². The molecular weight excluding hydrogens is 407 g/mol. The third-order valence-corrected chi connectivity index (χ3v) is 5.31. The second kappa shape index (κ2) is 7.78. The van der Waals surface area contributed by atoms with Crippen LogP contribution in [-0.4, -0.2) is 24.6 Å². The van der Waals surface area contributed by atoms with Gasteiger partial charge in [0.05, 0.1) is 11.4 Å². The summed E-state index contributed by atoms with van der Waals surface area (Å²) in [6.07, 6.45) is -4.80. The standard InChI is InChI=1S/C19H18F3N3O3S/c1-13-5-3-4-6-16(13)17-11-18(25(2)23-17)24-29(26,27)12-14-7-9-15(10-8-14)28-19(20,21)22/h3-11,24H,12H2,1-2H3. The van der Waals surface area contributed by atoms with E-state index in [1.54, 1.807) is 13.1 Å². The molecule has 0 atom stereocenters. The fourth-order valence-corrected chi connectivity index (χ4v) is 3.97. The molecule has 1 aromatic heterocycles. The van der Waals surface area contributed by atoms with Crippen molar-refractivity contribution < 1.29 is 26.3 Å². The van der Waals surface area contributed by atoms with E-state index in [9.17, 15) is 21.6 Å². The van der Waals surface area contributed by atoms with Crippen molar-refractivity contribution in [3.63, 3.8) is 0 Å². The summed E-state index contributed by atoms with van der Waals surface area (Å²) in [4.78, 5) is 0. The Morgan fingerprint density at radius 2 is 1.76 bits per heavy atom. The van der Waals surface area contributed by atoms with E-state index < -0.39 is 27.9 Å². The Bertz CT molecular complexity index is 1110. The molecule has 10 heteroatoms. The highest BCUT2D eigenvalue weighted by atomic mass is 32.2. The highest BCUT2D eigenvalue weighted by molar-refractivity contribution is 7.91. The third-order valence-electron chi connectivity index (χ3n) is 4.07. The molecule has 2 aromatic carbocycles. The Hall–Kier alpha value is -3.01. The van der Waals surface area contributed by atoms with E-state index in [0.29, 0.717) is 11.3 Å². The minimum atomic E-state index is -4.80. The maximum Gasteiger partial charge on any atom is 0.573 e. The smallest absolute Gasteiger partial charge is 0.406 e. The molecule has 0 radical (unpaired) electrons. The van der Waals surface area contributed by atoms with Crippen LogP contribution in [0.2, 0.25) is 0 Å². The topological polar surface area (TPSA) is 73.2 Å². The zero-order valence-corrected chi connectivity index (χ0v) is 16.4. The molecular formula is C19H18F3N3O3S. The molecule has 0 aliphatic carbocycles. The zero-order valence-electron chi connectivity index (χ0n) is 15.6. The van der Waals surface area contributed by atoms with Crippen LogP contribution in [-0.2, 0) is 22.8 Å². The first-order valence-corrected chi connectivity index (χ1v) is 10.1. The maximum atomic E-state index is 12.5. The largest absolute Gasteiger partial charge is 0.573 e. The van der Waals surface area contributed by atoms with Crippen LogP contribution in [0.25, 0.3) is 11.3 Å². The second-order valence-electron chi connectivity index (χ2n) is 6.41. The summed E-state index contributed by atoms with van der Waals surface area (Å²) in [7, 11) is -2.20. The van der Waals surface area contributed by atoms with E-state index in [4.69, 9.17) is 0 Å². The van der Waals surface area contributed by atoms with Gasteiger partial charge in [-0.15, -0.1) is 13.2 Å². The van der Waals surface area contributed by atoms with Crippen molar-refractivity contribution >= 4 is 15.8 Å². The second-order valence-corrected chi connectivity index (χ2v) is 8.13. The van der Waals surface area contributed by atoms with Gasteiger partial charge in [0, 0.05) is 18.7 Å². The van der Waals surface area contributed by atoms with Crippen LogP contribution in [0.15, 0.2) is 54.6 Å². The van der Waals surface area contributed by atoms with Crippen LogP contribution in [0.1, 0.15) is 11.1 Å². The fraction of sp³-hybridized carbons (Fsp3) is 0.211. The molecule has 0 aliphatic rings. The molecule has 0 bridgehead atoms. The number of anilines is 1. The molecule has 0 amide bonds. The van der Waals surface area contributed by atoms with E-state index in [1.807, 2.05) is 31.2 Å². The van der Waals surface area contributed by atoms with Gasteiger partial charge in [0.25, 0.3) is 0 Å². The predicted octanol–water partition coefficient (Wildman–Crippen LogP) is 4.24. The Morgan fingerprint density at radius 3 is 2.38 bits per heavy atom. The number of hydrogen-bond acceptors (Lipinski definition) is 4. The Kier molecular flexibility index (Phi) is 5.56. The predicted molar refractivity (Wildman–Crippen MR) is 103 cm³/mol. The molecule has 0 spiro atoms. The number of alkyl halides is 3. The summed E-state index contributed by atoms with van der Waals surface area (Å²) in [5, 5.41) is 4.35. The molecule has 29 heavy (non-hydrogen) atoms. The van der Waals surface area contributed by atoms with Crippen LogP contribution in [0.5, 0.6) is 5.75 Å². The average molecular weight is 425 g/mol. The first kappa shape index (κ1) is 20.7.